The lowest BCUT2D eigenvalue weighted by molar-refractivity contribution is 0.0691. The maximum atomic E-state index is 13.0. The van der Waals surface area contributed by atoms with Crippen LogP contribution in [0.25, 0.3) is 5.65 Å². The fraction of sp³-hybridized carbons (Fsp3) is 0.167. The Kier molecular flexibility index (Phi) is 5.63. The molecule has 4 aromatic rings. The number of hydrogen-bond donors (Lipinski definition) is 2. The van der Waals surface area contributed by atoms with Gasteiger partial charge in [0, 0.05) is 30.9 Å². The molecule has 1 aromatic carbocycles. The summed E-state index contributed by atoms with van der Waals surface area (Å²) in [5.41, 5.74) is 3.30. The average molecular weight is 496 g/mol. The number of anilines is 2. The summed E-state index contributed by atoms with van der Waals surface area (Å²) in [5.74, 6) is -0.644. The van der Waals surface area contributed by atoms with Gasteiger partial charge in [-0.3, -0.25) is 9.20 Å². The molecule has 4 heterocycles. The van der Waals surface area contributed by atoms with Gasteiger partial charge in [0.25, 0.3) is 5.56 Å². The molecule has 0 aliphatic carbocycles. The molecule has 0 unspecified atom stereocenters. The van der Waals surface area contributed by atoms with Gasteiger partial charge in [0.2, 0.25) is 0 Å². The van der Waals surface area contributed by atoms with Gasteiger partial charge in [-0.15, -0.1) is 0 Å². The summed E-state index contributed by atoms with van der Waals surface area (Å²) in [4.78, 5) is 35.4. The maximum Gasteiger partial charge on any atom is 0.356 e. The van der Waals surface area contributed by atoms with E-state index in [1.807, 2.05) is 24.0 Å². The molecule has 10 heteroatoms. The Bertz CT molecular complexity index is 1480. The van der Waals surface area contributed by atoms with Crippen LogP contribution in [0.4, 0.5) is 11.5 Å². The standard InChI is InChI=1S/C24H19Cl2N5O3/c1-13(27-18-6-7-19(26)28-22(18)24(33)34)17-8-16(25)12-31-21(32)9-20(29-23(17)31)30-10-14-4-2-3-5-15(14)11-30/h2-9,12-13,27H,10-11H2,1H3,(H,33,34)/t13-/m1/s1. The highest BCUT2D eigenvalue weighted by molar-refractivity contribution is 6.30. The van der Waals surface area contributed by atoms with Crippen molar-refractivity contribution < 1.29 is 9.90 Å². The van der Waals surface area contributed by atoms with E-state index in [0.29, 0.717) is 35.1 Å². The van der Waals surface area contributed by atoms with Crippen molar-refractivity contribution in [3.05, 3.63) is 97.6 Å². The maximum absolute atomic E-state index is 13.0. The first-order chi connectivity index (χ1) is 16.3. The number of nitrogens with one attached hydrogen (secondary N) is 1. The molecule has 0 radical (unpaired) electrons. The number of fused-ring (bicyclic) bond motifs is 2. The molecule has 2 N–H and O–H groups in total. The second kappa shape index (κ2) is 8.62. The molecule has 1 aliphatic heterocycles. The van der Waals surface area contributed by atoms with Gasteiger partial charge in [-0.2, -0.15) is 0 Å². The zero-order valence-electron chi connectivity index (χ0n) is 18.0. The minimum absolute atomic E-state index is 0.0771. The number of rotatable bonds is 5. The first kappa shape index (κ1) is 22.2. The van der Waals surface area contributed by atoms with E-state index >= 15 is 0 Å². The van der Waals surface area contributed by atoms with Crippen molar-refractivity contribution in [1.82, 2.24) is 14.4 Å². The van der Waals surface area contributed by atoms with Crippen LogP contribution < -0.4 is 15.8 Å². The average Bonchev–Trinajstić information content (AvgIpc) is 3.24. The number of carboxylic acid groups (broad SMARTS) is 1. The Morgan fingerprint density at radius 2 is 1.79 bits per heavy atom. The quantitative estimate of drug-likeness (QED) is 0.384. The van der Waals surface area contributed by atoms with Gasteiger partial charge in [-0.25, -0.2) is 14.8 Å². The lowest BCUT2D eigenvalue weighted by atomic mass is 10.1. The van der Waals surface area contributed by atoms with Crippen molar-refractivity contribution in [2.45, 2.75) is 26.1 Å². The van der Waals surface area contributed by atoms with Crippen molar-refractivity contribution in [3.63, 3.8) is 0 Å². The molecule has 0 amide bonds. The van der Waals surface area contributed by atoms with Crippen LogP contribution in [0.2, 0.25) is 10.2 Å². The van der Waals surface area contributed by atoms with Gasteiger partial charge in [0.05, 0.1) is 16.8 Å². The summed E-state index contributed by atoms with van der Waals surface area (Å²) in [6.07, 6.45) is 1.53. The largest absolute Gasteiger partial charge is 0.476 e. The first-order valence-electron chi connectivity index (χ1n) is 10.5. The normalized spacial score (nSPS) is 13.7. The van der Waals surface area contributed by atoms with Crippen LogP contribution in [0.1, 0.15) is 40.1 Å². The summed E-state index contributed by atoms with van der Waals surface area (Å²) in [5, 5.41) is 13.1. The SMILES string of the molecule is C[C@@H](Nc1ccc(Cl)nc1C(=O)O)c1cc(Cl)cn2c(=O)cc(N3Cc4ccccc4C3)nc12. The van der Waals surface area contributed by atoms with Gasteiger partial charge < -0.3 is 15.3 Å². The number of benzene rings is 1. The van der Waals surface area contributed by atoms with Gasteiger partial charge >= 0.3 is 5.97 Å². The van der Waals surface area contributed by atoms with Gasteiger partial charge in [-0.05, 0) is 36.2 Å². The van der Waals surface area contributed by atoms with Crippen molar-refractivity contribution in [3.8, 4) is 0 Å². The number of hydrogen-bond acceptors (Lipinski definition) is 6. The van der Waals surface area contributed by atoms with E-state index in [1.54, 1.807) is 12.1 Å². The van der Waals surface area contributed by atoms with E-state index in [-0.39, 0.29) is 22.1 Å². The van der Waals surface area contributed by atoms with Crippen molar-refractivity contribution in [1.29, 1.82) is 0 Å². The Hall–Kier alpha value is -3.62. The van der Waals surface area contributed by atoms with E-state index in [4.69, 9.17) is 28.2 Å². The molecule has 0 bridgehead atoms. The summed E-state index contributed by atoms with van der Waals surface area (Å²) in [7, 11) is 0. The molecular weight excluding hydrogens is 477 g/mol. The summed E-state index contributed by atoms with van der Waals surface area (Å²) < 4.78 is 1.40. The molecule has 1 atom stereocenters. The lowest BCUT2D eigenvalue weighted by Gasteiger charge is -2.21. The highest BCUT2D eigenvalue weighted by atomic mass is 35.5. The molecule has 1 aliphatic rings. The van der Waals surface area contributed by atoms with Gasteiger partial charge in [0.15, 0.2) is 5.69 Å². The van der Waals surface area contributed by atoms with Crippen molar-refractivity contribution in [2.24, 2.45) is 0 Å². The highest BCUT2D eigenvalue weighted by Crippen LogP contribution is 2.30. The topological polar surface area (TPSA) is 99.8 Å². The number of carboxylic acids is 1. The minimum Gasteiger partial charge on any atom is -0.476 e. The van der Waals surface area contributed by atoms with E-state index in [2.05, 4.69) is 22.4 Å². The summed E-state index contributed by atoms with van der Waals surface area (Å²) >= 11 is 12.2. The summed E-state index contributed by atoms with van der Waals surface area (Å²) in [6, 6.07) is 14.0. The predicted molar refractivity (Wildman–Crippen MR) is 131 cm³/mol. The molecule has 34 heavy (non-hydrogen) atoms. The van der Waals surface area contributed by atoms with E-state index in [9.17, 15) is 14.7 Å². The predicted octanol–water partition coefficient (Wildman–Crippen LogP) is 4.79. The van der Waals surface area contributed by atoms with Crippen LogP contribution >= 0.6 is 23.2 Å². The van der Waals surface area contributed by atoms with Crippen LogP contribution in [0.15, 0.2) is 59.5 Å². The van der Waals surface area contributed by atoms with Gasteiger partial charge in [-0.1, -0.05) is 47.5 Å². The third-order valence-corrected chi connectivity index (χ3v) is 6.23. The van der Waals surface area contributed by atoms with Crippen molar-refractivity contribution >= 4 is 46.3 Å². The first-order valence-corrected chi connectivity index (χ1v) is 11.3. The molecule has 0 saturated heterocycles. The van der Waals surface area contributed by atoms with Crippen LogP contribution in [0, 0.1) is 0 Å². The Morgan fingerprint density at radius 3 is 2.47 bits per heavy atom. The Morgan fingerprint density at radius 1 is 1.09 bits per heavy atom. The van der Waals surface area contributed by atoms with Crippen LogP contribution in [0.3, 0.4) is 0 Å². The lowest BCUT2D eigenvalue weighted by Crippen LogP contribution is -2.23. The van der Waals surface area contributed by atoms with Gasteiger partial charge in [0.1, 0.15) is 16.6 Å². The number of nitrogens with zero attached hydrogens (tertiary/aromatic N) is 4. The molecular formula is C24H19Cl2N5O3. The minimum atomic E-state index is -1.21. The van der Waals surface area contributed by atoms with Crippen LogP contribution in [-0.2, 0) is 13.1 Å². The number of carbonyl (C=O) groups is 1. The number of halogens is 2. The molecule has 5 rings (SSSR count). The number of aromatic carboxylic acids is 1. The molecule has 0 spiro atoms. The zero-order valence-corrected chi connectivity index (χ0v) is 19.5. The highest BCUT2D eigenvalue weighted by Gasteiger charge is 2.23. The fourth-order valence-corrected chi connectivity index (χ4v) is 4.55. The zero-order chi connectivity index (χ0) is 24.0. The second-order valence-electron chi connectivity index (χ2n) is 8.09. The van der Waals surface area contributed by atoms with Crippen LogP contribution in [-0.4, -0.2) is 25.4 Å². The number of pyridine rings is 2. The molecule has 0 fully saturated rings. The second-order valence-corrected chi connectivity index (χ2v) is 8.91. The van der Waals surface area contributed by atoms with E-state index in [0.717, 1.165) is 0 Å². The third-order valence-electron chi connectivity index (χ3n) is 5.81. The smallest absolute Gasteiger partial charge is 0.356 e. The van der Waals surface area contributed by atoms with E-state index < -0.39 is 12.0 Å². The fourth-order valence-electron chi connectivity index (χ4n) is 4.18. The monoisotopic (exact) mass is 495 g/mol. The molecule has 172 valence electrons. The Balaban J connectivity index is 1.56. The molecule has 3 aromatic heterocycles. The Labute approximate surface area is 204 Å². The van der Waals surface area contributed by atoms with Crippen LogP contribution in [0.5, 0.6) is 0 Å². The van der Waals surface area contributed by atoms with E-state index in [1.165, 1.54) is 33.9 Å². The summed E-state index contributed by atoms with van der Waals surface area (Å²) in [6.45, 7) is 3.15. The third kappa shape index (κ3) is 4.06. The van der Waals surface area contributed by atoms with Crippen molar-refractivity contribution in [2.75, 3.05) is 10.2 Å². The molecule has 8 nitrogen and oxygen atoms in total. The molecule has 0 saturated carbocycles. The number of aromatic nitrogens is 3.